The molecule has 5 nitrogen and oxygen atoms in total. The molecule has 0 saturated carbocycles. The molecule has 0 fully saturated rings. The van der Waals surface area contributed by atoms with Gasteiger partial charge >= 0.3 is 0 Å². The summed E-state index contributed by atoms with van der Waals surface area (Å²) in [6, 6.07) is 4.01. The summed E-state index contributed by atoms with van der Waals surface area (Å²) in [7, 11) is 0. The van der Waals surface area contributed by atoms with E-state index >= 15 is 0 Å². The maximum absolute atomic E-state index is 5.89. The van der Waals surface area contributed by atoms with E-state index in [0.29, 0.717) is 5.82 Å². The molecule has 2 aromatic rings. The number of anilines is 2. The molecule has 0 spiro atoms. The smallest absolute Gasteiger partial charge is 0.134 e. The van der Waals surface area contributed by atoms with Gasteiger partial charge in [-0.1, -0.05) is 19.4 Å². The summed E-state index contributed by atoms with van der Waals surface area (Å²) in [5, 5.41) is 3.33. The lowest BCUT2D eigenvalue weighted by molar-refractivity contribution is 0.897. The number of nitrogens with zero attached hydrogens (tertiary/aromatic N) is 3. The van der Waals surface area contributed by atoms with Gasteiger partial charge in [0.25, 0.3) is 0 Å². The largest absolute Gasteiger partial charge is 0.383 e. The highest BCUT2D eigenvalue weighted by Crippen LogP contribution is 2.18. The zero-order chi connectivity index (χ0) is 13.5. The van der Waals surface area contributed by atoms with Crippen molar-refractivity contribution in [2.24, 2.45) is 0 Å². The van der Waals surface area contributed by atoms with Gasteiger partial charge in [0.15, 0.2) is 0 Å². The van der Waals surface area contributed by atoms with Crippen molar-refractivity contribution in [3.8, 4) is 0 Å². The normalized spacial score (nSPS) is 10.4. The summed E-state index contributed by atoms with van der Waals surface area (Å²) in [6.07, 6.45) is 7.98. The van der Waals surface area contributed by atoms with Gasteiger partial charge in [-0.25, -0.2) is 9.97 Å². The number of nitrogens with two attached hydrogens (primary N) is 1. The lowest BCUT2D eigenvalue weighted by atomic mass is 10.1. The molecular formula is C14H19N5. The van der Waals surface area contributed by atoms with Crippen LogP contribution < -0.4 is 11.1 Å². The molecule has 2 aromatic heterocycles. The Morgan fingerprint density at radius 2 is 2.16 bits per heavy atom. The van der Waals surface area contributed by atoms with Crippen LogP contribution in [0.25, 0.3) is 0 Å². The maximum Gasteiger partial charge on any atom is 0.134 e. The van der Waals surface area contributed by atoms with E-state index in [2.05, 4.69) is 33.3 Å². The van der Waals surface area contributed by atoms with Gasteiger partial charge in [0.05, 0.1) is 0 Å². The first-order chi connectivity index (χ1) is 9.31. The molecular weight excluding hydrogens is 238 g/mol. The molecule has 3 N–H and O–H groups in total. The van der Waals surface area contributed by atoms with Gasteiger partial charge < -0.3 is 11.1 Å². The van der Waals surface area contributed by atoms with Crippen LogP contribution in [0.5, 0.6) is 0 Å². The Balaban J connectivity index is 1.97. The minimum Gasteiger partial charge on any atom is -0.383 e. The van der Waals surface area contributed by atoms with Crippen LogP contribution in [0, 0.1) is 0 Å². The van der Waals surface area contributed by atoms with E-state index < -0.39 is 0 Å². The zero-order valence-corrected chi connectivity index (χ0v) is 11.1. The molecule has 0 aliphatic rings. The molecule has 0 unspecified atom stereocenters. The average molecular weight is 257 g/mol. The van der Waals surface area contributed by atoms with Crippen LogP contribution in [0.2, 0.25) is 0 Å². The number of hydrogen-bond acceptors (Lipinski definition) is 5. The molecule has 0 atom stereocenters. The van der Waals surface area contributed by atoms with E-state index in [1.165, 1.54) is 11.9 Å². The van der Waals surface area contributed by atoms with E-state index in [1.807, 2.05) is 12.3 Å². The van der Waals surface area contributed by atoms with Gasteiger partial charge in [-0.15, -0.1) is 0 Å². The topological polar surface area (TPSA) is 76.7 Å². The number of nitrogens with one attached hydrogen (secondary N) is 1. The van der Waals surface area contributed by atoms with E-state index in [9.17, 15) is 0 Å². The average Bonchev–Trinajstić information content (AvgIpc) is 2.44. The number of nitrogen functional groups attached to an aromatic ring is 1. The first-order valence-corrected chi connectivity index (χ1v) is 6.53. The lowest BCUT2D eigenvalue weighted by Gasteiger charge is -2.11. The molecule has 0 aromatic carbocycles. The Bertz CT molecular complexity index is 512. The first-order valence-electron chi connectivity index (χ1n) is 6.53. The fourth-order valence-corrected chi connectivity index (χ4v) is 1.95. The van der Waals surface area contributed by atoms with Crippen LogP contribution in [-0.4, -0.2) is 21.5 Å². The standard InChI is InChI=1S/C14H19N5/c1-2-4-12-13(15)18-10-19-14(12)17-8-6-11-5-3-7-16-9-11/h3,5,7,9-10H,2,4,6,8H2,1H3,(H3,15,17,18,19). The monoisotopic (exact) mass is 257 g/mol. The summed E-state index contributed by atoms with van der Waals surface area (Å²) in [5.74, 6) is 1.42. The quantitative estimate of drug-likeness (QED) is 0.828. The second-order valence-electron chi connectivity index (χ2n) is 4.37. The fraction of sp³-hybridized carbons (Fsp3) is 0.357. The Kier molecular flexibility index (Phi) is 4.66. The van der Waals surface area contributed by atoms with Gasteiger partial charge in [0.2, 0.25) is 0 Å². The molecule has 5 heteroatoms. The number of aromatic nitrogens is 3. The number of pyridine rings is 1. The minimum absolute atomic E-state index is 0.570. The molecule has 2 rings (SSSR count). The molecule has 19 heavy (non-hydrogen) atoms. The Morgan fingerprint density at radius 1 is 1.26 bits per heavy atom. The Labute approximate surface area is 113 Å². The third-order valence-corrected chi connectivity index (χ3v) is 2.91. The number of rotatable bonds is 6. The van der Waals surface area contributed by atoms with Gasteiger partial charge in [-0.2, -0.15) is 0 Å². The third-order valence-electron chi connectivity index (χ3n) is 2.91. The van der Waals surface area contributed by atoms with Crippen molar-refractivity contribution in [1.82, 2.24) is 15.0 Å². The fourth-order valence-electron chi connectivity index (χ4n) is 1.95. The van der Waals surface area contributed by atoms with Crippen LogP contribution in [0.4, 0.5) is 11.6 Å². The van der Waals surface area contributed by atoms with Crippen LogP contribution in [0.15, 0.2) is 30.9 Å². The Morgan fingerprint density at radius 3 is 2.89 bits per heavy atom. The van der Waals surface area contributed by atoms with Crippen molar-refractivity contribution in [3.63, 3.8) is 0 Å². The Hall–Kier alpha value is -2.17. The molecule has 0 radical (unpaired) electrons. The van der Waals surface area contributed by atoms with E-state index in [-0.39, 0.29) is 0 Å². The van der Waals surface area contributed by atoms with Gasteiger partial charge in [0.1, 0.15) is 18.0 Å². The highest BCUT2D eigenvalue weighted by Gasteiger charge is 2.07. The van der Waals surface area contributed by atoms with Crippen LogP contribution in [0.1, 0.15) is 24.5 Å². The minimum atomic E-state index is 0.570. The van der Waals surface area contributed by atoms with Gasteiger partial charge in [-0.05, 0) is 24.5 Å². The second kappa shape index (κ2) is 6.68. The molecule has 0 saturated heterocycles. The van der Waals surface area contributed by atoms with Crippen molar-refractivity contribution < 1.29 is 0 Å². The first kappa shape index (κ1) is 13.3. The predicted octanol–water partition coefficient (Wildman–Crippen LogP) is 2.06. The van der Waals surface area contributed by atoms with E-state index in [0.717, 1.165) is 37.2 Å². The summed E-state index contributed by atoms with van der Waals surface area (Å²) < 4.78 is 0. The maximum atomic E-state index is 5.89. The van der Waals surface area contributed by atoms with E-state index in [1.54, 1.807) is 6.20 Å². The highest BCUT2D eigenvalue weighted by molar-refractivity contribution is 5.55. The predicted molar refractivity (Wildman–Crippen MR) is 76.9 cm³/mol. The van der Waals surface area contributed by atoms with Crippen molar-refractivity contribution in [3.05, 3.63) is 42.0 Å². The van der Waals surface area contributed by atoms with Gasteiger partial charge in [-0.3, -0.25) is 4.98 Å². The molecule has 0 amide bonds. The van der Waals surface area contributed by atoms with Crippen molar-refractivity contribution >= 4 is 11.6 Å². The highest BCUT2D eigenvalue weighted by atomic mass is 15.0. The van der Waals surface area contributed by atoms with E-state index in [4.69, 9.17) is 5.73 Å². The van der Waals surface area contributed by atoms with Crippen LogP contribution in [0.3, 0.4) is 0 Å². The zero-order valence-electron chi connectivity index (χ0n) is 11.1. The molecule has 100 valence electrons. The summed E-state index contributed by atoms with van der Waals surface area (Å²) in [5.41, 5.74) is 8.10. The van der Waals surface area contributed by atoms with Crippen molar-refractivity contribution in [1.29, 1.82) is 0 Å². The SMILES string of the molecule is CCCc1c(N)ncnc1NCCc1cccnc1. The van der Waals surface area contributed by atoms with Crippen molar-refractivity contribution in [2.75, 3.05) is 17.6 Å². The molecule has 0 aliphatic carbocycles. The molecule has 0 aliphatic heterocycles. The summed E-state index contributed by atoms with van der Waals surface area (Å²) in [4.78, 5) is 12.4. The third kappa shape index (κ3) is 3.64. The van der Waals surface area contributed by atoms with Crippen molar-refractivity contribution in [2.45, 2.75) is 26.2 Å². The lowest BCUT2D eigenvalue weighted by Crippen LogP contribution is -2.11. The van der Waals surface area contributed by atoms with Crippen LogP contribution in [-0.2, 0) is 12.8 Å². The second-order valence-corrected chi connectivity index (χ2v) is 4.37. The van der Waals surface area contributed by atoms with Crippen LogP contribution >= 0.6 is 0 Å². The summed E-state index contributed by atoms with van der Waals surface area (Å²) in [6.45, 7) is 2.92. The van der Waals surface area contributed by atoms with Gasteiger partial charge in [0, 0.05) is 24.5 Å². The molecule has 2 heterocycles. The molecule has 0 bridgehead atoms. The summed E-state index contributed by atoms with van der Waals surface area (Å²) >= 11 is 0. The number of hydrogen-bond donors (Lipinski definition) is 2.